The molecule has 1 unspecified atom stereocenters. The molecule has 2 aromatic heterocycles. The van der Waals surface area contributed by atoms with Gasteiger partial charge in [0.15, 0.2) is 12.0 Å². The molecule has 0 N–H and O–H groups in total. The minimum atomic E-state index is -0.605. The monoisotopic (exact) mass is 842 g/mol. The van der Waals surface area contributed by atoms with Gasteiger partial charge in [-0.15, -0.1) is 6.42 Å². The highest BCUT2D eigenvalue weighted by atomic mass is 19.1. The lowest BCUT2D eigenvalue weighted by Crippen LogP contribution is -2.56. The van der Waals surface area contributed by atoms with Crippen LogP contribution in [0.5, 0.6) is 11.8 Å². The molecule has 324 valence electrons. The van der Waals surface area contributed by atoms with Crippen molar-refractivity contribution in [2.45, 2.75) is 116 Å². The number of likely N-dealkylation sites (tertiary alicyclic amines) is 1. The van der Waals surface area contributed by atoms with Crippen LogP contribution < -0.4 is 14.4 Å². The summed E-state index contributed by atoms with van der Waals surface area (Å²) in [6.45, 7) is 10.8. The minimum absolute atomic E-state index is 0.0615. The number of rotatable bonds is 10. The summed E-state index contributed by atoms with van der Waals surface area (Å²) in [7, 11) is 2.03. The lowest BCUT2D eigenvalue weighted by atomic mass is 9.65. The Balaban J connectivity index is 1.16. The Hall–Kier alpha value is -5.45. The van der Waals surface area contributed by atoms with Crippen LogP contribution in [0.1, 0.15) is 107 Å². The predicted molar refractivity (Wildman–Crippen MR) is 234 cm³/mol. The molecule has 3 saturated heterocycles. The second kappa shape index (κ2) is 15.7. The van der Waals surface area contributed by atoms with Crippen molar-refractivity contribution in [3.8, 4) is 35.2 Å². The summed E-state index contributed by atoms with van der Waals surface area (Å²) < 4.78 is 49.7. The zero-order valence-electron chi connectivity index (χ0n) is 36.3. The fourth-order valence-corrected chi connectivity index (χ4v) is 9.72. The maximum atomic E-state index is 16.6. The van der Waals surface area contributed by atoms with Crippen LogP contribution in [-0.4, -0.2) is 88.4 Å². The number of hydrogen-bond donors (Lipinski definition) is 0. The van der Waals surface area contributed by atoms with Gasteiger partial charge >= 0.3 is 12.1 Å². The maximum Gasteiger partial charge on any atom is 0.410 e. The molecule has 1 spiro atoms. The van der Waals surface area contributed by atoms with Gasteiger partial charge in [-0.3, -0.25) is 0 Å². The summed E-state index contributed by atoms with van der Waals surface area (Å²) in [5, 5.41) is 6.47. The molecule has 5 aromatic rings. The molecule has 0 bridgehead atoms. The molecule has 2 saturated carbocycles. The van der Waals surface area contributed by atoms with Crippen molar-refractivity contribution in [3.63, 3.8) is 0 Å². The second-order valence-corrected chi connectivity index (χ2v) is 19.1. The van der Waals surface area contributed by atoms with Crippen LogP contribution in [0.25, 0.3) is 32.9 Å². The average Bonchev–Trinajstić information content (AvgIpc) is 3.80. The third-order valence-electron chi connectivity index (χ3n) is 13.3. The molecule has 2 aliphatic carbocycles. The lowest BCUT2D eigenvalue weighted by Gasteiger charge is -2.52. The Labute approximate surface area is 362 Å². The number of carbonyl (C=O) groups is 1. The summed E-state index contributed by atoms with van der Waals surface area (Å²) in [6, 6.07) is 11.7. The molecule has 62 heavy (non-hydrogen) atoms. The van der Waals surface area contributed by atoms with Crippen molar-refractivity contribution in [3.05, 3.63) is 70.7 Å². The van der Waals surface area contributed by atoms with Gasteiger partial charge in [-0.2, -0.15) is 15.1 Å². The minimum Gasteiger partial charge on any atom is -0.486 e. The summed E-state index contributed by atoms with van der Waals surface area (Å²) in [6.07, 6.45) is 14.1. The third-order valence-corrected chi connectivity index (χ3v) is 13.3. The average molecular weight is 843 g/mol. The number of ether oxygens (including phenoxy) is 5. The van der Waals surface area contributed by atoms with Crippen molar-refractivity contribution >= 4 is 33.7 Å². The Morgan fingerprint density at radius 3 is 2.52 bits per heavy atom. The van der Waals surface area contributed by atoms with Crippen molar-refractivity contribution in [1.82, 2.24) is 24.6 Å². The first-order valence-corrected chi connectivity index (χ1v) is 22.2. The summed E-state index contributed by atoms with van der Waals surface area (Å²) >= 11 is 0. The second-order valence-electron chi connectivity index (χ2n) is 19.1. The quantitative estimate of drug-likeness (QED) is 0.126. The van der Waals surface area contributed by atoms with Crippen LogP contribution in [-0.2, 0) is 20.8 Å². The number of hydrogen-bond acceptors (Lipinski definition) is 10. The SMILES string of the molecule is C#Cc1ccc(COc2c(-c3c(C)c(F)cc4c3cnn4C3CCCCO3)c(C3CC3)cc3c(N(C)[C@H]4CCN(C(=O)OC(C)(C)C)C4)nc(OC4CC5(COC5)C4)nc23)cc1. The van der Waals surface area contributed by atoms with E-state index in [9.17, 15) is 4.79 Å². The lowest BCUT2D eigenvalue weighted by molar-refractivity contribution is -0.192. The molecule has 13 heteroatoms. The van der Waals surface area contributed by atoms with Crippen molar-refractivity contribution < 1.29 is 32.9 Å². The van der Waals surface area contributed by atoms with E-state index in [1.807, 2.05) is 69.9 Å². The zero-order chi connectivity index (χ0) is 42.9. The highest BCUT2D eigenvalue weighted by Crippen LogP contribution is 2.54. The predicted octanol–water partition coefficient (Wildman–Crippen LogP) is 9.23. The van der Waals surface area contributed by atoms with Crippen LogP contribution in [0, 0.1) is 30.5 Å². The molecule has 5 fully saturated rings. The number of terminal acetylenes is 1. The fraction of sp³-hybridized carbons (Fsp3) is 0.510. The number of nitrogens with zero attached hydrogens (tertiary/aromatic N) is 6. The van der Waals surface area contributed by atoms with E-state index in [1.165, 1.54) is 0 Å². The Kier molecular flexibility index (Phi) is 10.3. The van der Waals surface area contributed by atoms with Gasteiger partial charge in [-0.05, 0) is 120 Å². The molecule has 2 atom stereocenters. The van der Waals surface area contributed by atoms with Crippen molar-refractivity contribution in [1.29, 1.82) is 0 Å². The Morgan fingerprint density at radius 1 is 1.05 bits per heavy atom. The van der Waals surface area contributed by atoms with Crippen molar-refractivity contribution in [2.75, 3.05) is 44.9 Å². The topological polar surface area (TPSA) is 113 Å². The van der Waals surface area contributed by atoms with Crippen molar-refractivity contribution in [2.24, 2.45) is 5.41 Å². The number of carbonyl (C=O) groups excluding carboxylic acids is 1. The van der Waals surface area contributed by atoms with E-state index < -0.39 is 5.60 Å². The van der Waals surface area contributed by atoms with E-state index in [1.54, 1.807) is 11.0 Å². The first kappa shape index (κ1) is 40.6. The van der Waals surface area contributed by atoms with E-state index in [0.29, 0.717) is 47.9 Å². The molecule has 3 aromatic carbocycles. The number of fused-ring (bicyclic) bond motifs is 2. The molecule has 5 aliphatic rings. The smallest absolute Gasteiger partial charge is 0.410 e. The number of anilines is 1. The van der Waals surface area contributed by atoms with Crippen LogP contribution in [0.4, 0.5) is 15.0 Å². The summed E-state index contributed by atoms with van der Waals surface area (Å²) in [5.41, 5.74) is 5.58. The number of benzene rings is 3. The Morgan fingerprint density at radius 2 is 1.84 bits per heavy atom. The maximum absolute atomic E-state index is 16.6. The van der Waals surface area contributed by atoms with Gasteiger partial charge in [-0.1, -0.05) is 18.1 Å². The standard InChI is InChI=1S/C49H55FN6O6/c1-7-30-11-13-31(14-12-30)26-60-44-42(41-29(2)38(50)21-39-37(41)24-51-56(39)40-10-8-9-19-59-40)35(32-15-16-32)20-36-43(44)52-46(61-34-22-49(23-34)27-58-28-49)53-45(36)54(6)33-17-18-55(25-33)47(57)62-48(3,4)5/h1,11-14,20-21,24,32-34,40H,8-10,15-19,22-23,25-28H2,2-6H3/t33-,40?/m0/s1. The number of amides is 1. The van der Waals surface area contributed by atoms with Crippen LogP contribution in [0.3, 0.4) is 0 Å². The summed E-state index contributed by atoms with van der Waals surface area (Å²) in [5.74, 6) is 3.79. The van der Waals surface area contributed by atoms with Crippen LogP contribution in [0.15, 0.2) is 42.6 Å². The number of likely N-dealkylation sites (N-methyl/N-ethyl adjacent to an activating group) is 1. The number of aromatic nitrogens is 4. The van der Waals surface area contributed by atoms with Gasteiger partial charge in [0, 0.05) is 71.7 Å². The molecular weight excluding hydrogens is 788 g/mol. The fourth-order valence-electron chi connectivity index (χ4n) is 9.72. The molecule has 0 radical (unpaired) electrons. The molecular formula is C49H55FN6O6. The third kappa shape index (κ3) is 7.59. The van der Waals surface area contributed by atoms with E-state index in [0.717, 1.165) is 103 Å². The highest BCUT2D eigenvalue weighted by molar-refractivity contribution is 6.06. The first-order chi connectivity index (χ1) is 29.9. The van der Waals surface area contributed by atoms with E-state index >= 15 is 4.39 Å². The Bertz CT molecular complexity index is 2570. The zero-order valence-corrected chi connectivity index (χ0v) is 36.3. The molecule has 1 amide bonds. The summed E-state index contributed by atoms with van der Waals surface area (Å²) in [4.78, 5) is 27.6. The molecule has 3 aliphatic heterocycles. The van der Waals surface area contributed by atoms with Gasteiger partial charge in [-0.25, -0.2) is 13.9 Å². The van der Waals surface area contributed by atoms with E-state index in [-0.39, 0.29) is 54.2 Å². The first-order valence-electron chi connectivity index (χ1n) is 22.2. The highest BCUT2D eigenvalue weighted by Gasteiger charge is 2.51. The van der Waals surface area contributed by atoms with Gasteiger partial charge < -0.3 is 33.5 Å². The van der Waals surface area contributed by atoms with Gasteiger partial charge in [0.1, 0.15) is 35.5 Å². The normalized spacial score (nSPS) is 21.1. The van der Waals surface area contributed by atoms with Gasteiger partial charge in [0.25, 0.3) is 0 Å². The van der Waals surface area contributed by atoms with E-state index in [2.05, 4.69) is 16.9 Å². The molecule has 5 heterocycles. The van der Waals surface area contributed by atoms with Crippen LogP contribution >= 0.6 is 0 Å². The van der Waals surface area contributed by atoms with Crippen LogP contribution in [0.2, 0.25) is 0 Å². The van der Waals surface area contributed by atoms with E-state index in [4.69, 9.17) is 45.2 Å². The molecule has 10 rings (SSSR count). The largest absolute Gasteiger partial charge is 0.486 e. The number of halogens is 1. The van der Waals surface area contributed by atoms with Gasteiger partial charge in [0.05, 0.1) is 24.9 Å². The molecule has 12 nitrogen and oxygen atoms in total. The van der Waals surface area contributed by atoms with Gasteiger partial charge in [0.2, 0.25) is 0 Å².